The summed E-state index contributed by atoms with van der Waals surface area (Å²) in [5, 5.41) is 14.0. The number of nitrogens with zero attached hydrogens (tertiary/aromatic N) is 9. The van der Waals surface area contributed by atoms with Gasteiger partial charge in [-0.15, -0.1) is 10.2 Å². The number of likely N-dealkylation sites (N-methyl/N-ethyl adjacent to an activating group) is 1. The third-order valence-electron chi connectivity index (χ3n) is 12.8. The lowest BCUT2D eigenvalue weighted by Crippen LogP contribution is -2.54. The second kappa shape index (κ2) is 15.5. The molecule has 0 saturated carbocycles. The van der Waals surface area contributed by atoms with Gasteiger partial charge >= 0.3 is 6.03 Å². The molecule has 1 aromatic heterocycles. The normalized spacial score (nSPS) is 22.9. The number of carbonyl (C=O) groups is 6. The molecule has 18 nitrogen and oxygen atoms in total. The highest BCUT2D eigenvalue weighted by atomic mass is 16.2. The average Bonchev–Trinajstić information content (AvgIpc) is 3.70. The molecule has 7 heterocycles. The number of amides is 7. The number of nitrogens with two attached hydrogens (primary N) is 1. The smallest absolute Gasteiger partial charge is 0.320 e. The lowest BCUT2D eigenvalue weighted by atomic mass is 9.93. The Balaban J connectivity index is 0.798. The second-order valence-corrected chi connectivity index (χ2v) is 16.5. The van der Waals surface area contributed by atoms with Crippen molar-refractivity contribution in [2.75, 3.05) is 74.5 Å². The van der Waals surface area contributed by atoms with Crippen LogP contribution in [-0.4, -0.2) is 142 Å². The predicted octanol–water partition coefficient (Wildman–Crippen LogP) is 1.73. The minimum atomic E-state index is -0.983. The van der Waals surface area contributed by atoms with E-state index in [2.05, 4.69) is 42.8 Å². The van der Waals surface area contributed by atoms with E-state index in [0.717, 1.165) is 81.1 Å². The summed E-state index contributed by atoms with van der Waals surface area (Å²) in [6.07, 6.45) is 4.84. The standard InChI is InChI=1S/C41H48N12O6/c1-48-17-18-52(41(48)59)29-3-2-13-51(23-29)40-45-36(34(35(42)55)46-47-40)43-27-5-4-26-22-49(14-12-25(26)19-27)21-24-10-15-50(16-11-24)28-6-7-30-31(20-28)39(58)53(38(30)57)32-8-9-33(54)44-37(32)56/h4-7,19-20,24,29,32H,2-3,8-18,21-23H2,1H3,(H2,42,55)(H,43,45,47)(H,44,54,56). The van der Waals surface area contributed by atoms with Gasteiger partial charge in [-0.05, 0) is 85.9 Å². The van der Waals surface area contributed by atoms with Crippen LogP contribution in [0.3, 0.4) is 0 Å². The number of imide groups is 2. The van der Waals surface area contributed by atoms with E-state index in [-0.39, 0.29) is 42.0 Å². The Morgan fingerprint density at radius 3 is 2.42 bits per heavy atom. The maximum Gasteiger partial charge on any atom is 0.320 e. The number of piperidine rings is 3. The van der Waals surface area contributed by atoms with Gasteiger partial charge in [0.1, 0.15) is 6.04 Å². The van der Waals surface area contributed by atoms with Gasteiger partial charge in [0.05, 0.1) is 17.2 Å². The van der Waals surface area contributed by atoms with Crippen molar-refractivity contribution in [3.63, 3.8) is 0 Å². The van der Waals surface area contributed by atoms with E-state index >= 15 is 0 Å². The minimum Gasteiger partial charge on any atom is -0.371 e. The summed E-state index contributed by atoms with van der Waals surface area (Å²) in [4.78, 5) is 91.9. The minimum absolute atomic E-state index is 0.0372. The molecule has 9 rings (SSSR count). The Labute approximate surface area is 341 Å². The number of aromatic nitrogens is 3. The Morgan fingerprint density at radius 2 is 1.66 bits per heavy atom. The van der Waals surface area contributed by atoms with Gasteiger partial charge in [-0.25, -0.2) is 4.79 Å². The van der Waals surface area contributed by atoms with E-state index in [1.165, 1.54) is 11.1 Å². The van der Waals surface area contributed by atoms with Crippen LogP contribution in [0.4, 0.5) is 27.9 Å². The molecule has 6 aliphatic heterocycles. The fourth-order valence-corrected chi connectivity index (χ4v) is 9.48. The van der Waals surface area contributed by atoms with Crippen LogP contribution in [0.1, 0.15) is 80.9 Å². The highest BCUT2D eigenvalue weighted by Crippen LogP contribution is 2.34. The fraction of sp³-hybridized carbons (Fsp3) is 0.488. The Hall–Kier alpha value is -6.17. The fourth-order valence-electron chi connectivity index (χ4n) is 9.48. The van der Waals surface area contributed by atoms with Crippen LogP contribution in [0.5, 0.6) is 0 Å². The number of fused-ring (bicyclic) bond motifs is 2. The number of hydrogen-bond donors (Lipinski definition) is 3. The zero-order valence-corrected chi connectivity index (χ0v) is 33.1. The molecule has 0 spiro atoms. The molecule has 2 aromatic carbocycles. The molecular formula is C41H48N12O6. The monoisotopic (exact) mass is 804 g/mol. The lowest BCUT2D eigenvalue weighted by Gasteiger charge is -2.37. The quantitative estimate of drug-likeness (QED) is 0.264. The van der Waals surface area contributed by atoms with Gasteiger partial charge in [-0.3, -0.25) is 39.1 Å². The predicted molar refractivity (Wildman–Crippen MR) is 215 cm³/mol. The van der Waals surface area contributed by atoms with E-state index in [9.17, 15) is 28.8 Å². The number of primary amides is 1. The van der Waals surface area contributed by atoms with Gasteiger partial charge in [-0.1, -0.05) is 6.07 Å². The molecule has 18 heteroatoms. The number of urea groups is 1. The Kier molecular flexibility index (Phi) is 10.1. The van der Waals surface area contributed by atoms with E-state index in [1.54, 1.807) is 17.0 Å². The molecule has 7 amide bonds. The molecule has 6 aliphatic rings. The molecule has 4 saturated heterocycles. The van der Waals surface area contributed by atoms with Crippen molar-refractivity contribution in [3.8, 4) is 0 Å². The third kappa shape index (κ3) is 7.41. The molecule has 2 unspecified atom stereocenters. The maximum atomic E-state index is 13.4. The number of anilines is 4. The van der Waals surface area contributed by atoms with Gasteiger partial charge in [0, 0.05) is 83.7 Å². The van der Waals surface area contributed by atoms with Crippen molar-refractivity contribution in [3.05, 3.63) is 64.3 Å². The summed E-state index contributed by atoms with van der Waals surface area (Å²) in [7, 11) is 1.82. The first-order valence-electron chi connectivity index (χ1n) is 20.5. The summed E-state index contributed by atoms with van der Waals surface area (Å²) in [5.41, 5.74) is 10.4. The van der Waals surface area contributed by atoms with Crippen LogP contribution in [0.2, 0.25) is 0 Å². The zero-order valence-electron chi connectivity index (χ0n) is 33.1. The molecule has 4 fully saturated rings. The zero-order chi connectivity index (χ0) is 40.9. The number of carbonyl (C=O) groups excluding carboxylic acids is 6. The molecule has 0 aliphatic carbocycles. The van der Waals surface area contributed by atoms with E-state index < -0.39 is 35.6 Å². The highest BCUT2D eigenvalue weighted by molar-refractivity contribution is 6.23. The van der Waals surface area contributed by atoms with Gasteiger partial charge in [-0.2, -0.15) is 4.98 Å². The largest absolute Gasteiger partial charge is 0.371 e. The van der Waals surface area contributed by atoms with Crippen LogP contribution in [0.15, 0.2) is 36.4 Å². The maximum absolute atomic E-state index is 13.4. The molecule has 3 aromatic rings. The first-order chi connectivity index (χ1) is 28.5. The van der Waals surface area contributed by atoms with Crippen molar-refractivity contribution in [1.29, 1.82) is 0 Å². The van der Waals surface area contributed by atoms with Crippen molar-refractivity contribution in [1.82, 2.24) is 40.1 Å². The van der Waals surface area contributed by atoms with Crippen LogP contribution in [-0.2, 0) is 22.6 Å². The molecule has 2 atom stereocenters. The first kappa shape index (κ1) is 38.4. The average molecular weight is 805 g/mol. The summed E-state index contributed by atoms with van der Waals surface area (Å²) in [5.74, 6) is -1.58. The molecule has 0 radical (unpaired) electrons. The first-order valence-corrected chi connectivity index (χ1v) is 20.5. The van der Waals surface area contributed by atoms with Gasteiger partial charge in [0.15, 0.2) is 11.5 Å². The Bertz CT molecular complexity index is 2240. The van der Waals surface area contributed by atoms with Crippen molar-refractivity contribution in [2.24, 2.45) is 11.7 Å². The lowest BCUT2D eigenvalue weighted by molar-refractivity contribution is -0.136. The molecule has 59 heavy (non-hydrogen) atoms. The number of nitrogens with one attached hydrogen (secondary N) is 2. The van der Waals surface area contributed by atoms with Crippen molar-refractivity contribution in [2.45, 2.75) is 63.6 Å². The molecule has 0 bridgehead atoms. The SMILES string of the molecule is CN1CCN(C2CCCN(c3nnc(C(N)=O)c(Nc4ccc5c(c4)CCN(CC4CCN(c6ccc7c(c6)C(=O)N(C6CCC(=O)NC6=O)C7=O)CC4)C5)n3)C2)C1=O. The summed E-state index contributed by atoms with van der Waals surface area (Å²) in [6.45, 7) is 7.07. The van der Waals surface area contributed by atoms with Crippen LogP contribution in [0, 0.1) is 5.92 Å². The topological polar surface area (TPSA) is 211 Å². The van der Waals surface area contributed by atoms with E-state index in [0.29, 0.717) is 43.6 Å². The van der Waals surface area contributed by atoms with Crippen LogP contribution >= 0.6 is 0 Å². The van der Waals surface area contributed by atoms with E-state index in [1.807, 2.05) is 29.0 Å². The summed E-state index contributed by atoms with van der Waals surface area (Å²) in [6, 6.07) is 10.6. The van der Waals surface area contributed by atoms with E-state index in [4.69, 9.17) is 10.7 Å². The number of benzene rings is 2. The van der Waals surface area contributed by atoms with Crippen molar-refractivity contribution < 1.29 is 28.8 Å². The second-order valence-electron chi connectivity index (χ2n) is 16.5. The van der Waals surface area contributed by atoms with Gasteiger partial charge in [0.2, 0.25) is 17.8 Å². The summed E-state index contributed by atoms with van der Waals surface area (Å²) >= 11 is 0. The Morgan fingerprint density at radius 1 is 0.847 bits per heavy atom. The van der Waals surface area contributed by atoms with Gasteiger partial charge < -0.3 is 30.7 Å². The number of rotatable bonds is 9. The molecule has 308 valence electrons. The van der Waals surface area contributed by atoms with Crippen LogP contribution in [0.25, 0.3) is 0 Å². The third-order valence-corrected chi connectivity index (χ3v) is 12.8. The summed E-state index contributed by atoms with van der Waals surface area (Å²) < 4.78 is 0. The van der Waals surface area contributed by atoms with Gasteiger partial charge in [0.25, 0.3) is 17.7 Å². The number of hydrogen-bond acceptors (Lipinski definition) is 13. The molecule has 4 N–H and O–H groups in total. The van der Waals surface area contributed by atoms with Crippen molar-refractivity contribution >= 4 is 58.7 Å². The highest BCUT2D eigenvalue weighted by Gasteiger charge is 2.45. The molecular weight excluding hydrogens is 757 g/mol. The van der Waals surface area contributed by atoms with Crippen LogP contribution < -0.4 is 26.2 Å².